The maximum atomic E-state index is 12.9. The highest BCUT2D eigenvalue weighted by molar-refractivity contribution is 5.87. The van der Waals surface area contributed by atoms with Crippen molar-refractivity contribution in [2.75, 3.05) is 11.5 Å². The third-order valence-electron chi connectivity index (χ3n) is 5.48. The molecule has 26 heavy (non-hydrogen) atoms. The van der Waals surface area contributed by atoms with Crippen molar-refractivity contribution in [1.29, 1.82) is 0 Å². The van der Waals surface area contributed by atoms with Crippen molar-refractivity contribution in [2.45, 2.75) is 44.3 Å². The number of para-hydroxylation sites is 1. The standard InChI is InChI=1S/C22H26N2O2/c25-22(26-16-18-13-19-11-12-20(14-18)23-19)24(21-9-5-2-6-10-21)15-17-7-3-1-4-8-17/h1-10,18-20,23H,11-16H2/t18?,19-,20+. The van der Waals surface area contributed by atoms with Gasteiger partial charge in [0, 0.05) is 17.8 Å². The molecule has 0 aliphatic carbocycles. The van der Waals surface area contributed by atoms with Crippen LogP contribution in [0.25, 0.3) is 0 Å². The van der Waals surface area contributed by atoms with E-state index in [-0.39, 0.29) is 6.09 Å². The van der Waals surface area contributed by atoms with Gasteiger partial charge < -0.3 is 10.1 Å². The molecular weight excluding hydrogens is 324 g/mol. The fourth-order valence-electron chi connectivity index (χ4n) is 4.21. The van der Waals surface area contributed by atoms with E-state index in [0.29, 0.717) is 31.2 Å². The fraction of sp³-hybridized carbons (Fsp3) is 0.409. The number of benzene rings is 2. The van der Waals surface area contributed by atoms with Gasteiger partial charge in [0.05, 0.1) is 13.2 Å². The number of nitrogens with one attached hydrogen (secondary N) is 1. The number of anilines is 1. The summed E-state index contributed by atoms with van der Waals surface area (Å²) < 4.78 is 5.75. The second kappa shape index (κ2) is 7.92. The van der Waals surface area contributed by atoms with Crippen LogP contribution in [0.2, 0.25) is 0 Å². The largest absolute Gasteiger partial charge is 0.449 e. The smallest absolute Gasteiger partial charge is 0.414 e. The number of amides is 1. The molecule has 1 unspecified atom stereocenters. The average Bonchev–Trinajstić information content (AvgIpc) is 3.04. The van der Waals surface area contributed by atoms with Crippen LogP contribution in [0.5, 0.6) is 0 Å². The van der Waals surface area contributed by atoms with Gasteiger partial charge in [0.1, 0.15) is 0 Å². The van der Waals surface area contributed by atoms with Crippen LogP contribution >= 0.6 is 0 Å². The molecule has 3 atom stereocenters. The molecule has 0 saturated carbocycles. The van der Waals surface area contributed by atoms with Crippen molar-refractivity contribution in [2.24, 2.45) is 5.92 Å². The van der Waals surface area contributed by atoms with Crippen LogP contribution in [0.1, 0.15) is 31.2 Å². The van der Waals surface area contributed by atoms with Gasteiger partial charge in [-0.05, 0) is 49.3 Å². The molecule has 1 amide bonds. The SMILES string of the molecule is O=C(OCC1C[C@H]2CC[C@@H](C1)N2)N(Cc1ccccc1)c1ccccc1. The summed E-state index contributed by atoms with van der Waals surface area (Å²) in [5.41, 5.74) is 1.96. The number of nitrogens with zero attached hydrogens (tertiary/aromatic N) is 1. The molecule has 1 N–H and O–H groups in total. The maximum Gasteiger partial charge on any atom is 0.414 e. The Hall–Kier alpha value is -2.33. The Morgan fingerprint density at radius 2 is 1.58 bits per heavy atom. The van der Waals surface area contributed by atoms with Crippen LogP contribution in [0, 0.1) is 5.92 Å². The van der Waals surface area contributed by atoms with Gasteiger partial charge in [-0.3, -0.25) is 4.90 Å². The summed E-state index contributed by atoms with van der Waals surface area (Å²) in [6.07, 6.45) is 4.51. The lowest BCUT2D eigenvalue weighted by Crippen LogP contribution is -2.40. The van der Waals surface area contributed by atoms with Gasteiger partial charge in [-0.25, -0.2) is 4.79 Å². The molecule has 2 aliphatic heterocycles. The Labute approximate surface area is 155 Å². The van der Waals surface area contributed by atoms with Crippen LogP contribution in [-0.4, -0.2) is 24.8 Å². The quantitative estimate of drug-likeness (QED) is 0.871. The Morgan fingerprint density at radius 1 is 0.962 bits per heavy atom. The van der Waals surface area contributed by atoms with Crippen molar-refractivity contribution in [3.8, 4) is 0 Å². The molecule has 136 valence electrons. The molecule has 2 aliphatic rings. The first-order valence-corrected chi connectivity index (χ1v) is 9.57. The van der Waals surface area contributed by atoms with Crippen molar-refractivity contribution < 1.29 is 9.53 Å². The van der Waals surface area contributed by atoms with Crippen molar-refractivity contribution in [3.63, 3.8) is 0 Å². The molecule has 4 heteroatoms. The van der Waals surface area contributed by atoms with Crippen LogP contribution in [-0.2, 0) is 11.3 Å². The number of hydrogen-bond acceptors (Lipinski definition) is 3. The lowest BCUT2D eigenvalue weighted by Gasteiger charge is -2.29. The Bertz CT molecular complexity index is 707. The van der Waals surface area contributed by atoms with Crippen LogP contribution in [0.3, 0.4) is 0 Å². The minimum absolute atomic E-state index is 0.258. The lowest BCUT2D eigenvalue weighted by molar-refractivity contribution is 0.116. The zero-order valence-corrected chi connectivity index (χ0v) is 15.0. The number of hydrogen-bond donors (Lipinski definition) is 1. The van der Waals surface area contributed by atoms with Gasteiger partial charge in [0.15, 0.2) is 0 Å². The summed E-state index contributed by atoms with van der Waals surface area (Å²) in [6, 6.07) is 21.0. The molecular formula is C22H26N2O2. The predicted molar refractivity (Wildman–Crippen MR) is 103 cm³/mol. The van der Waals surface area contributed by atoms with Crippen molar-refractivity contribution in [1.82, 2.24) is 5.32 Å². The molecule has 4 rings (SSSR count). The topological polar surface area (TPSA) is 41.6 Å². The molecule has 0 radical (unpaired) electrons. The third kappa shape index (κ3) is 4.07. The highest BCUT2D eigenvalue weighted by Crippen LogP contribution is 2.31. The normalized spacial score (nSPS) is 24.2. The second-order valence-electron chi connectivity index (χ2n) is 7.46. The molecule has 4 nitrogen and oxygen atoms in total. The van der Waals surface area contributed by atoms with Gasteiger partial charge in [-0.2, -0.15) is 0 Å². The summed E-state index contributed by atoms with van der Waals surface area (Å²) in [7, 11) is 0. The van der Waals surface area contributed by atoms with E-state index in [2.05, 4.69) is 5.32 Å². The Balaban J connectivity index is 1.42. The van der Waals surface area contributed by atoms with Crippen LogP contribution in [0.15, 0.2) is 60.7 Å². The van der Waals surface area contributed by atoms with Gasteiger partial charge in [-0.15, -0.1) is 0 Å². The summed E-state index contributed by atoms with van der Waals surface area (Å²) in [6.45, 7) is 1.03. The molecule has 2 aromatic rings. The van der Waals surface area contributed by atoms with Gasteiger partial charge in [-0.1, -0.05) is 48.5 Å². The zero-order chi connectivity index (χ0) is 17.8. The van der Waals surface area contributed by atoms with Crippen LogP contribution in [0.4, 0.5) is 10.5 Å². The van der Waals surface area contributed by atoms with E-state index in [0.717, 1.165) is 24.1 Å². The number of rotatable bonds is 5. The van der Waals surface area contributed by atoms with Gasteiger partial charge >= 0.3 is 6.09 Å². The fourth-order valence-corrected chi connectivity index (χ4v) is 4.21. The molecule has 2 saturated heterocycles. The van der Waals surface area contributed by atoms with E-state index in [4.69, 9.17) is 4.74 Å². The number of fused-ring (bicyclic) bond motifs is 2. The minimum atomic E-state index is -0.258. The predicted octanol–water partition coefficient (Wildman–Crippen LogP) is 4.36. The highest BCUT2D eigenvalue weighted by atomic mass is 16.6. The monoisotopic (exact) mass is 350 g/mol. The molecule has 2 heterocycles. The van der Waals surface area contributed by atoms with E-state index in [9.17, 15) is 4.79 Å². The van der Waals surface area contributed by atoms with E-state index < -0.39 is 0 Å². The van der Waals surface area contributed by atoms with E-state index in [1.807, 2.05) is 60.7 Å². The first kappa shape index (κ1) is 17.1. The van der Waals surface area contributed by atoms with E-state index in [1.165, 1.54) is 12.8 Å². The highest BCUT2D eigenvalue weighted by Gasteiger charge is 2.34. The van der Waals surface area contributed by atoms with Crippen molar-refractivity contribution >= 4 is 11.8 Å². The lowest BCUT2D eigenvalue weighted by atomic mass is 9.93. The molecule has 2 bridgehead atoms. The number of carbonyl (C=O) groups is 1. The van der Waals surface area contributed by atoms with Gasteiger partial charge in [0.2, 0.25) is 0 Å². The summed E-state index contributed by atoms with van der Waals surface area (Å²) in [5.74, 6) is 0.479. The Kier molecular flexibility index (Phi) is 5.21. The average molecular weight is 350 g/mol. The van der Waals surface area contributed by atoms with Gasteiger partial charge in [0.25, 0.3) is 0 Å². The number of carbonyl (C=O) groups excluding carboxylic acids is 1. The number of piperidine rings is 1. The Morgan fingerprint density at radius 3 is 2.23 bits per heavy atom. The summed E-state index contributed by atoms with van der Waals surface area (Å²) in [5, 5.41) is 3.64. The zero-order valence-electron chi connectivity index (χ0n) is 15.0. The summed E-state index contributed by atoms with van der Waals surface area (Å²) >= 11 is 0. The number of ether oxygens (including phenoxy) is 1. The molecule has 0 aromatic heterocycles. The minimum Gasteiger partial charge on any atom is -0.449 e. The molecule has 2 fully saturated rings. The molecule has 0 spiro atoms. The summed E-state index contributed by atoms with van der Waals surface area (Å²) in [4.78, 5) is 14.6. The first-order chi connectivity index (χ1) is 12.8. The first-order valence-electron chi connectivity index (χ1n) is 9.57. The van der Waals surface area contributed by atoms with E-state index >= 15 is 0 Å². The molecule has 2 aromatic carbocycles. The second-order valence-corrected chi connectivity index (χ2v) is 7.46. The third-order valence-corrected chi connectivity index (χ3v) is 5.48. The van der Waals surface area contributed by atoms with Crippen molar-refractivity contribution in [3.05, 3.63) is 66.2 Å². The maximum absolute atomic E-state index is 12.9. The van der Waals surface area contributed by atoms with E-state index in [1.54, 1.807) is 4.90 Å². The van der Waals surface area contributed by atoms with Crippen LogP contribution < -0.4 is 10.2 Å².